The number of methoxy groups -OCH3 is 1. The van der Waals surface area contributed by atoms with Crippen LogP contribution in [0, 0.1) is 0 Å². The minimum Gasteiger partial charge on any atom is -0.387 e. The zero-order valence-electron chi connectivity index (χ0n) is 7.65. The van der Waals surface area contributed by atoms with Gasteiger partial charge < -0.3 is 19.7 Å². The highest BCUT2D eigenvalue weighted by Crippen LogP contribution is 2.30. The lowest BCUT2D eigenvalue weighted by molar-refractivity contribution is -0.263. The highest BCUT2D eigenvalue weighted by molar-refractivity contribution is 4.91. The van der Waals surface area contributed by atoms with Crippen LogP contribution < -0.4 is 0 Å². The van der Waals surface area contributed by atoms with E-state index < -0.39 is 24.1 Å². The maximum Gasteiger partial charge on any atom is 0.157 e. The van der Waals surface area contributed by atoms with Gasteiger partial charge in [-0.1, -0.05) is 0 Å². The summed E-state index contributed by atoms with van der Waals surface area (Å²) in [5.74, 6) is 0. The van der Waals surface area contributed by atoms with Gasteiger partial charge in [0.2, 0.25) is 0 Å². The van der Waals surface area contributed by atoms with Crippen molar-refractivity contribution in [3.63, 3.8) is 0 Å². The molecular formula is C8H16O4. The van der Waals surface area contributed by atoms with Crippen molar-refractivity contribution in [2.45, 2.75) is 44.4 Å². The van der Waals surface area contributed by atoms with Gasteiger partial charge in [-0.15, -0.1) is 0 Å². The molecule has 1 fully saturated rings. The Bertz CT molecular complexity index is 161. The molecule has 0 bridgehead atoms. The normalized spacial score (nSPS) is 49.2. The molecule has 2 N–H and O–H groups in total. The summed E-state index contributed by atoms with van der Waals surface area (Å²) in [7, 11) is 1.52. The van der Waals surface area contributed by atoms with Crippen LogP contribution in [0.2, 0.25) is 0 Å². The highest BCUT2D eigenvalue weighted by Gasteiger charge is 2.44. The van der Waals surface area contributed by atoms with Crippen LogP contribution in [0.1, 0.15) is 20.3 Å². The van der Waals surface area contributed by atoms with Gasteiger partial charge in [-0.05, 0) is 13.8 Å². The van der Waals surface area contributed by atoms with E-state index in [9.17, 15) is 10.2 Å². The Morgan fingerprint density at radius 3 is 2.58 bits per heavy atom. The van der Waals surface area contributed by atoms with Crippen molar-refractivity contribution in [2.75, 3.05) is 7.11 Å². The second-order valence-corrected chi connectivity index (χ2v) is 3.46. The quantitative estimate of drug-likeness (QED) is 0.584. The molecule has 2 unspecified atom stereocenters. The molecule has 0 aromatic rings. The first-order chi connectivity index (χ1) is 5.49. The van der Waals surface area contributed by atoms with Gasteiger partial charge >= 0.3 is 0 Å². The second kappa shape index (κ2) is 3.30. The Morgan fingerprint density at radius 1 is 1.50 bits per heavy atom. The fraction of sp³-hybridized carbons (Fsp3) is 1.00. The van der Waals surface area contributed by atoms with Gasteiger partial charge in [0, 0.05) is 13.5 Å². The summed E-state index contributed by atoms with van der Waals surface area (Å²) in [6.07, 6.45) is -1.62. The van der Waals surface area contributed by atoms with Crippen LogP contribution in [0.25, 0.3) is 0 Å². The maximum atomic E-state index is 9.65. The Balaban J connectivity index is 2.72. The summed E-state index contributed by atoms with van der Waals surface area (Å²) in [6.45, 7) is 3.48. The number of hydrogen-bond acceptors (Lipinski definition) is 4. The first-order valence-corrected chi connectivity index (χ1v) is 4.06. The number of hydrogen-bond donors (Lipinski definition) is 2. The standard InChI is InChI=1S/C8H16O4/c1-5-7(10)8(2,11-3)4-6(9)12-5/h5-7,9-10H,4H2,1-3H3/t5?,6?,7-,8+/m0/s1. The second-order valence-electron chi connectivity index (χ2n) is 3.46. The van der Waals surface area contributed by atoms with Crippen molar-refractivity contribution in [1.82, 2.24) is 0 Å². The molecule has 1 aliphatic rings. The molecule has 1 heterocycles. The van der Waals surface area contributed by atoms with Crippen molar-refractivity contribution in [2.24, 2.45) is 0 Å². The highest BCUT2D eigenvalue weighted by atomic mass is 16.6. The molecule has 72 valence electrons. The van der Waals surface area contributed by atoms with E-state index in [4.69, 9.17) is 9.47 Å². The molecule has 4 nitrogen and oxygen atoms in total. The molecule has 0 amide bonds. The fourth-order valence-electron chi connectivity index (χ4n) is 1.54. The number of aliphatic hydroxyl groups is 2. The van der Waals surface area contributed by atoms with Gasteiger partial charge in [0.25, 0.3) is 0 Å². The minimum absolute atomic E-state index is 0.301. The van der Waals surface area contributed by atoms with Gasteiger partial charge in [0.1, 0.15) is 6.10 Å². The molecule has 4 heteroatoms. The zero-order chi connectivity index (χ0) is 9.35. The van der Waals surface area contributed by atoms with E-state index in [0.29, 0.717) is 6.42 Å². The number of rotatable bonds is 1. The Morgan fingerprint density at radius 2 is 2.08 bits per heavy atom. The van der Waals surface area contributed by atoms with E-state index in [0.717, 1.165) is 0 Å². The lowest BCUT2D eigenvalue weighted by Gasteiger charge is -2.42. The molecule has 12 heavy (non-hydrogen) atoms. The third kappa shape index (κ3) is 1.61. The van der Waals surface area contributed by atoms with Gasteiger partial charge in [0.15, 0.2) is 6.29 Å². The summed E-state index contributed by atoms with van der Waals surface area (Å²) in [5, 5.41) is 18.9. The monoisotopic (exact) mass is 176 g/mol. The van der Waals surface area contributed by atoms with Crippen LogP contribution in [0.5, 0.6) is 0 Å². The third-order valence-corrected chi connectivity index (χ3v) is 2.49. The molecule has 1 aliphatic heterocycles. The molecule has 0 radical (unpaired) electrons. The minimum atomic E-state index is -0.839. The van der Waals surface area contributed by atoms with Crippen LogP contribution in [0.4, 0.5) is 0 Å². The van der Waals surface area contributed by atoms with Gasteiger partial charge in [-0.3, -0.25) is 0 Å². The average Bonchev–Trinajstić information content (AvgIpc) is 2.00. The molecule has 0 saturated carbocycles. The molecular weight excluding hydrogens is 160 g/mol. The van der Waals surface area contributed by atoms with E-state index in [1.807, 2.05) is 0 Å². The summed E-state index contributed by atoms with van der Waals surface area (Å²) in [5.41, 5.74) is -0.697. The zero-order valence-corrected chi connectivity index (χ0v) is 7.65. The van der Waals surface area contributed by atoms with Gasteiger partial charge in [-0.25, -0.2) is 0 Å². The maximum absolute atomic E-state index is 9.65. The van der Waals surface area contributed by atoms with Crippen molar-refractivity contribution in [3.8, 4) is 0 Å². The molecule has 4 atom stereocenters. The van der Waals surface area contributed by atoms with Gasteiger partial charge in [-0.2, -0.15) is 0 Å². The summed E-state index contributed by atoms with van der Waals surface area (Å²) in [6, 6.07) is 0. The summed E-state index contributed by atoms with van der Waals surface area (Å²) < 4.78 is 10.2. The summed E-state index contributed by atoms with van der Waals surface area (Å²) in [4.78, 5) is 0. The van der Waals surface area contributed by atoms with E-state index in [1.165, 1.54) is 7.11 Å². The summed E-state index contributed by atoms with van der Waals surface area (Å²) >= 11 is 0. The fourth-order valence-corrected chi connectivity index (χ4v) is 1.54. The Labute approximate surface area is 72.1 Å². The van der Waals surface area contributed by atoms with E-state index in [1.54, 1.807) is 13.8 Å². The van der Waals surface area contributed by atoms with Crippen molar-refractivity contribution >= 4 is 0 Å². The lowest BCUT2D eigenvalue weighted by Crippen LogP contribution is -2.55. The van der Waals surface area contributed by atoms with Crippen LogP contribution in [-0.4, -0.2) is 41.4 Å². The topological polar surface area (TPSA) is 58.9 Å². The Hall–Kier alpha value is -0.160. The largest absolute Gasteiger partial charge is 0.387 e. The SMILES string of the molecule is CO[C@]1(C)CC(O)OC(C)[C@@H]1O. The van der Waals surface area contributed by atoms with E-state index in [2.05, 4.69) is 0 Å². The predicted octanol–water partition coefficient (Wildman–Crippen LogP) is -0.120. The molecule has 1 saturated heterocycles. The lowest BCUT2D eigenvalue weighted by atomic mass is 9.89. The van der Waals surface area contributed by atoms with Crippen LogP contribution in [0.3, 0.4) is 0 Å². The smallest absolute Gasteiger partial charge is 0.157 e. The molecule has 1 rings (SSSR count). The first kappa shape index (κ1) is 9.92. The third-order valence-electron chi connectivity index (χ3n) is 2.49. The molecule has 0 aromatic heterocycles. The van der Waals surface area contributed by atoms with Crippen molar-refractivity contribution in [1.29, 1.82) is 0 Å². The van der Waals surface area contributed by atoms with E-state index in [-0.39, 0.29) is 0 Å². The predicted molar refractivity (Wildman–Crippen MR) is 42.6 cm³/mol. The van der Waals surface area contributed by atoms with Crippen LogP contribution in [-0.2, 0) is 9.47 Å². The van der Waals surface area contributed by atoms with Crippen LogP contribution in [0.15, 0.2) is 0 Å². The molecule has 0 spiro atoms. The Kier molecular flexibility index (Phi) is 2.73. The molecule has 0 aliphatic carbocycles. The van der Waals surface area contributed by atoms with Crippen LogP contribution >= 0.6 is 0 Å². The van der Waals surface area contributed by atoms with Crippen molar-refractivity contribution < 1.29 is 19.7 Å². The number of aliphatic hydroxyl groups excluding tert-OH is 2. The van der Waals surface area contributed by atoms with Gasteiger partial charge in [0.05, 0.1) is 11.7 Å². The van der Waals surface area contributed by atoms with Crippen molar-refractivity contribution in [3.05, 3.63) is 0 Å². The first-order valence-electron chi connectivity index (χ1n) is 4.06. The number of ether oxygens (including phenoxy) is 2. The molecule has 0 aromatic carbocycles. The van der Waals surface area contributed by atoms with E-state index >= 15 is 0 Å². The average molecular weight is 176 g/mol.